The molecular formula is C74H144O17P2. The Morgan fingerprint density at radius 3 is 0.731 bits per heavy atom. The van der Waals surface area contributed by atoms with Gasteiger partial charge in [-0.2, -0.15) is 0 Å². The van der Waals surface area contributed by atoms with Gasteiger partial charge in [0.2, 0.25) is 0 Å². The standard InChI is InChI=1S/C74H144O17P2/c1-6-9-12-15-18-21-23-24-25-26-27-28-29-30-36-40-45-50-55-60-74(79)91-70(64-85-72(77)58-53-48-43-38-35-32-31-34-37-41-46-51-56-67(4)5)66-89-93(82,83)87-62-68(75)61-86-92(80,81)88-65-69(63-84-71(76)57-52-47-42-20-17-14-11-8-3)90-73(78)59-54-49-44-39-33-22-19-16-13-10-7-2/h67-70,75H,6-66H2,1-5H3,(H,80,81)(H,82,83)/t68-,69+,70+/m0/s1. The second kappa shape index (κ2) is 67.3. The number of hydrogen-bond acceptors (Lipinski definition) is 15. The van der Waals surface area contributed by atoms with Gasteiger partial charge in [0.1, 0.15) is 19.3 Å². The molecule has 0 heterocycles. The van der Waals surface area contributed by atoms with Gasteiger partial charge in [0.05, 0.1) is 26.4 Å². The first-order chi connectivity index (χ1) is 45.0. The van der Waals surface area contributed by atoms with E-state index in [2.05, 4.69) is 34.6 Å². The summed E-state index contributed by atoms with van der Waals surface area (Å²) in [5, 5.41) is 10.6. The molecule has 3 N–H and O–H groups in total. The van der Waals surface area contributed by atoms with Crippen molar-refractivity contribution in [2.75, 3.05) is 39.6 Å². The van der Waals surface area contributed by atoms with Gasteiger partial charge in [-0.05, 0) is 31.6 Å². The van der Waals surface area contributed by atoms with Crippen LogP contribution in [0.3, 0.4) is 0 Å². The van der Waals surface area contributed by atoms with Gasteiger partial charge in [0, 0.05) is 25.7 Å². The number of unbranched alkanes of at least 4 members (excludes halogenated alkanes) is 46. The molecule has 0 rings (SSSR count). The van der Waals surface area contributed by atoms with E-state index in [-0.39, 0.29) is 25.7 Å². The van der Waals surface area contributed by atoms with E-state index in [1.807, 2.05) is 0 Å². The molecular weight excluding hydrogens is 1220 g/mol. The highest BCUT2D eigenvalue weighted by atomic mass is 31.2. The van der Waals surface area contributed by atoms with E-state index in [1.54, 1.807) is 0 Å². The number of esters is 4. The van der Waals surface area contributed by atoms with E-state index >= 15 is 0 Å². The maximum absolute atomic E-state index is 13.1. The van der Waals surface area contributed by atoms with Crippen LogP contribution in [0.5, 0.6) is 0 Å². The molecule has 0 aliphatic heterocycles. The molecule has 19 heteroatoms. The molecule has 0 amide bonds. The summed E-state index contributed by atoms with van der Waals surface area (Å²) in [5.41, 5.74) is 0. The second-order valence-electron chi connectivity index (χ2n) is 27.2. The van der Waals surface area contributed by atoms with E-state index in [1.165, 1.54) is 205 Å². The minimum absolute atomic E-state index is 0.107. The fourth-order valence-corrected chi connectivity index (χ4v) is 12.9. The summed E-state index contributed by atoms with van der Waals surface area (Å²) in [6.45, 7) is 7.26. The number of carbonyl (C=O) groups is 4. The van der Waals surface area contributed by atoms with Crippen molar-refractivity contribution in [3.8, 4) is 0 Å². The van der Waals surface area contributed by atoms with E-state index in [9.17, 15) is 43.2 Å². The van der Waals surface area contributed by atoms with Crippen LogP contribution in [0.15, 0.2) is 0 Å². The van der Waals surface area contributed by atoms with Gasteiger partial charge in [-0.15, -0.1) is 0 Å². The molecule has 2 unspecified atom stereocenters. The molecule has 17 nitrogen and oxygen atoms in total. The molecule has 0 spiro atoms. The van der Waals surface area contributed by atoms with Crippen LogP contribution >= 0.6 is 15.6 Å². The summed E-state index contributed by atoms with van der Waals surface area (Å²) >= 11 is 0. The van der Waals surface area contributed by atoms with Crippen LogP contribution in [0.25, 0.3) is 0 Å². The Balaban J connectivity index is 5.20. The molecule has 93 heavy (non-hydrogen) atoms. The Hall–Kier alpha value is -1.94. The Morgan fingerprint density at radius 2 is 0.495 bits per heavy atom. The van der Waals surface area contributed by atoms with E-state index in [4.69, 9.17) is 37.0 Å². The largest absolute Gasteiger partial charge is 0.472 e. The van der Waals surface area contributed by atoms with Gasteiger partial charge in [0.15, 0.2) is 12.2 Å². The first-order valence-electron chi connectivity index (χ1n) is 38.6. The van der Waals surface area contributed by atoms with Gasteiger partial charge in [-0.1, -0.05) is 336 Å². The third-order valence-electron chi connectivity index (χ3n) is 17.3. The Labute approximate surface area is 568 Å². The summed E-state index contributed by atoms with van der Waals surface area (Å²) in [5.74, 6) is -1.34. The molecule has 0 fully saturated rings. The zero-order valence-corrected chi connectivity index (χ0v) is 62.2. The highest BCUT2D eigenvalue weighted by Crippen LogP contribution is 2.45. The second-order valence-corrected chi connectivity index (χ2v) is 30.1. The molecule has 0 aromatic carbocycles. The van der Waals surface area contributed by atoms with Crippen LogP contribution in [-0.2, 0) is 65.4 Å². The van der Waals surface area contributed by atoms with Crippen molar-refractivity contribution in [1.82, 2.24) is 0 Å². The van der Waals surface area contributed by atoms with Gasteiger partial charge in [-0.3, -0.25) is 37.3 Å². The Bertz CT molecular complexity index is 1790. The van der Waals surface area contributed by atoms with Gasteiger partial charge in [-0.25, -0.2) is 9.13 Å². The van der Waals surface area contributed by atoms with Crippen LogP contribution in [0.2, 0.25) is 0 Å². The highest BCUT2D eigenvalue weighted by molar-refractivity contribution is 7.47. The van der Waals surface area contributed by atoms with Crippen LogP contribution in [0, 0.1) is 5.92 Å². The Kier molecular flexibility index (Phi) is 65.9. The zero-order chi connectivity index (χ0) is 68.4. The maximum atomic E-state index is 13.1. The van der Waals surface area contributed by atoms with Crippen LogP contribution < -0.4 is 0 Å². The molecule has 0 aromatic heterocycles. The molecule has 552 valence electrons. The molecule has 5 atom stereocenters. The number of rotatable bonds is 74. The summed E-state index contributed by atoms with van der Waals surface area (Å²) in [6, 6.07) is 0. The molecule has 0 aromatic rings. The lowest BCUT2D eigenvalue weighted by Crippen LogP contribution is -2.30. The van der Waals surface area contributed by atoms with Crippen molar-refractivity contribution >= 4 is 39.5 Å². The fourth-order valence-electron chi connectivity index (χ4n) is 11.4. The zero-order valence-electron chi connectivity index (χ0n) is 60.4. The molecule has 0 saturated heterocycles. The summed E-state index contributed by atoms with van der Waals surface area (Å²) in [6.07, 6.45) is 55.5. The molecule has 0 saturated carbocycles. The van der Waals surface area contributed by atoms with Gasteiger partial charge in [0.25, 0.3) is 0 Å². The number of hydrogen-bond donors (Lipinski definition) is 3. The van der Waals surface area contributed by atoms with Crippen molar-refractivity contribution in [3.05, 3.63) is 0 Å². The topological polar surface area (TPSA) is 237 Å². The predicted molar refractivity (Wildman–Crippen MR) is 377 cm³/mol. The first-order valence-corrected chi connectivity index (χ1v) is 41.6. The number of aliphatic hydroxyl groups excluding tert-OH is 1. The number of phosphoric acid groups is 2. The van der Waals surface area contributed by atoms with Crippen molar-refractivity contribution in [2.24, 2.45) is 5.92 Å². The molecule has 0 radical (unpaired) electrons. The summed E-state index contributed by atoms with van der Waals surface area (Å²) in [4.78, 5) is 72.6. The van der Waals surface area contributed by atoms with Crippen LogP contribution in [0.4, 0.5) is 0 Å². The minimum Gasteiger partial charge on any atom is -0.462 e. The van der Waals surface area contributed by atoms with Gasteiger partial charge < -0.3 is 33.8 Å². The minimum atomic E-state index is -4.95. The number of aliphatic hydroxyl groups is 1. The SMILES string of the molecule is CCCCCCCCCCCCCCCCCCCCCC(=O)O[C@H](COC(=O)CCCCCCCCCCCCCCC(C)C)COP(=O)(O)OC[C@@H](O)COP(=O)(O)OC[C@@H](COC(=O)CCCCCCCCCC)OC(=O)CCCCCCCCCCCCC. The number of carbonyl (C=O) groups excluding carboxylic acids is 4. The van der Waals surface area contributed by atoms with Gasteiger partial charge >= 0.3 is 39.5 Å². The van der Waals surface area contributed by atoms with Crippen molar-refractivity contribution in [1.29, 1.82) is 0 Å². The van der Waals surface area contributed by atoms with E-state index < -0.39 is 97.5 Å². The molecule has 0 bridgehead atoms. The summed E-state index contributed by atoms with van der Waals surface area (Å²) < 4.78 is 68.4. The van der Waals surface area contributed by atoms with Crippen LogP contribution in [-0.4, -0.2) is 96.7 Å². The quantitative estimate of drug-likeness (QED) is 0.0222. The van der Waals surface area contributed by atoms with E-state index in [0.29, 0.717) is 25.7 Å². The third kappa shape index (κ3) is 68.4. The third-order valence-corrected chi connectivity index (χ3v) is 19.2. The lowest BCUT2D eigenvalue weighted by Gasteiger charge is -2.21. The average molecular weight is 1370 g/mol. The molecule has 0 aliphatic rings. The normalized spacial score (nSPS) is 14.0. The van der Waals surface area contributed by atoms with Crippen molar-refractivity contribution < 1.29 is 80.2 Å². The predicted octanol–water partition coefficient (Wildman–Crippen LogP) is 21.7. The van der Waals surface area contributed by atoms with Crippen molar-refractivity contribution in [2.45, 2.75) is 406 Å². The maximum Gasteiger partial charge on any atom is 0.472 e. The lowest BCUT2D eigenvalue weighted by molar-refractivity contribution is -0.161. The van der Waals surface area contributed by atoms with E-state index in [0.717, 1.165) is 102 Å². The van der Waals surface area contributed by atoms with Crippen molar-refractivity contribution in [3.63, 3.8) is 0 Å². The first kappa shape index (κ1) is 91.1. The monoisotopic (exact) mass is 1370 g/mol. The van der Waals surface area contributed by atoms with Crippen LogP contribution in [0.1, 0.15) is 388 Å². The Morgan fingerprint density at radius 1 is 0.290 bits per heavy atom. The fraction of sp³-hybridized carbons (Fsp3) is 0.946. The smallest absolute Gasteiger partial charge is 0.462 e. The number of phosphoric ester groups is 2. The average Bonchev–Trinajstić information content (AvgIpc) is 2.30. The lowest BCUT2D eigenvalue weighted by atomic mass is 10.0. The summed E-state index contributed by atoms with van der Waals surface area (Å²) in [7, 11) is -9.90. The molecule has 0 aliphatic carbocycles. The highest BCUT2D eigenvalue weighted by Gasteiger charge is 2.30. The number of ether oxygens (including phenoxy) is 4.